The third kappa shape index (κ3) is 4.89. The molecule has 28 heavy (non-hydrogen) atoms. The Labute approximate surface area is 170 Å². The maximum Gasteiger partial charge on any atom is 0.276 e. The van der Waals surface area contributed by atoms with Gasteiger partial charge in [0, 0.05) is 13.1 Å². The second-order valence-corrected chi connectivity index (χ2v) is 7.63. The monoisotopic (exact) mass is 407 g/mol. The van der Waals surface area contributed by atoms with Gasteiger partial charge in [0.2, 0.25) is 0 Å². The lowest BCUT2D eigenvalue weighted by Gasteiger charge is -2.31. The molecule has 0 aliphatic carbocycles. The van der Waals surface area contributed by atoms with E-state index in [0.717, 1.165) is 63.8 Å². The number of aromatic nitrogens is 3. The molecule has 2 fully saturated rings. The first kappa shape index (κ1) is 20.7. The number of nitrogens with one attached hydrogen (secondary N) is 1. The Morgan fingerprint density at radius 1 is 1.18 bits per heavy atom. The van der Waals surface area contributed by atoms with Crippen LogP contribution in [0.5, 0.6) is 0 Å². The minimum absolute atomic E-state index is 0. The van der Waals surface area contributed by atoms with Crippen molar-refractivity contribution < 1.29 is 9.18 Å². The minimum Gasteiger partial charge on any atom is -0.337 e. The van der Waals surface area contributed by atoms with Gasteiger partial charge in [-0.1, -0.05) is 17.3 Å². The van der Waals surface area contributed by atoms with Crippen LogP contribution < -0.4 is 5.32 Å². The number of nitrogens with zero attached hydrogens (tertiary/aromatic N) is 4. The van der Waals surface area contributed by atoms with Gasteiger partial charge in [-0.05, 0) is 68.8 Å². The topological polar surface area (TPSA) is 63.1 Å². The molecule has 8 heteroatoms. The van der Waals surface area contributed by atoms with Gasteiger partial charge in [-0.15, -0.1) is 17.5 Å². The first-order valence-electron chi connectivity index (χ1n) is 9.85. The van der Waals surface area contributed by atoms with E-state index in [1.807, 2.05) is 15.6 Å². The molecule has 0 spiro atoms. The van der Waals surface area contributed by atoms with Crippen molar-refractivity contribution in [3.8, 4) is 0 Å². The van der Waals surface area contributed by atoms with Gasteiger partial charge in [-0.25, -0.2) is 9.07 Å². The number of rotatable bonds is 4. The molecule has 6 nitrogen and oxygen atoms in total. The van der Waals surface area contributed by atoms with Crippen LogP contribution in [-0.2, 0) is 6.42 Å². The van der Waals surface area contributed by atoms with Gasteiger partial charge in [0.25, 0.3) is 5.91 Å². The lowest BCUT2D eigenvalue weighted by molar-refractivity contribution is 0.0684. The van der Waals surface area contributed by atoms with Gasteiger partial charge in [-0.2, -0.15) is 0 Å². The molecule has 0 bridgehead atoms. The SMILES string of the molecule is Cl.O=C(c1cn(C2CCNCC2)nn1)N1CCC(Cc2cccc(F)c2)CC1. The molecular formula is C20H27ClFN5O. The van der Waals surface area contributed by atoms with Gasteiger partial charge in [0.05, 0.1) is 12.2 Å². The van der Waals surface area contributed by atoms with Crippen LogP contribution in [0.2, 0.25) is 0 Å². The summed E-state index contributed by atoms with van der Waals surface area (Å²) in [5.41, 5.74) is 1.47. The van der Waals surface area contributed by atoms with E-state index in [2.05, 4.69) is 15.6 Å². The van der Waals surface area contributed by atoms with Gasteiger partial charge < -0.3 is 10.2 Å². The predicted molar refractivity (Wildman–Crippen MR) is 107 cm³/mol. The maximum absolute atomic E-state index is 13.3. The maximum atomic E-state index is 13.3. The summed E-state index contributed by atoms with van der Waals surface area (Å²) in [4.78, 5) is 14.6. The van der Waals surface area contributed by atoms with Crippen molar-refractivity contribution in [3.63, 3.8) is 0 Å². The average molecular weight is 408 g/mol. The normalized spacial score (nSPS) is 18.7. The molecular weight excluding hydrogens is 381 g/mol. The van der Waals surface area contributed by atoms with Gasteiger partial charge >= 0.3 is 0 Å². The number of likely N-dealkylation sites (tertiary alicyclic amines) is 1. The summed E-state index contributed by atoms with van der Waals surface area (Å²) < 4.78 is 15.2. The van der Waals surface area contributed by atoms with E-state index in [4.69, 9.17) is 0 Å². The second kappa shape index (κ2) is 9.47. The third-order valence-corrected chi connectivity index (χ3v) is 5.73. The van der Waals surface area contributed by atoms with E-state index >= 15 is 0 Å². The van der Waals surface area contributed by atoms with Crippen LogP contribution in [-0.4, -0.2) is 52.0 Å². The highest BCUT2D eigenvalue weighted by atomic mass is 35.5. The first-order valence-corrected chi connectivity index (χ1v) is 9.85. The standard InChI is InChI=1S/C20H26FN5O.ClH/c21-17-3-1-2-16(13-17)12-15-6-10-25(11-7-15)20(27)19-14-26(24-23-19)18-4-8-22-9-5-18;/h1-3,13-15,18,22H,4-12H2;1H. The molecule has 0 saturated carbocycles. The van der Waals surface area contributed by atoms with E-state index in [9.17, 15) is 9.18 Å². The molecule has 4 rings (SSSR count). The Balaban J connectivity index is 0.00000225. The molecule has 2 aromatic rings. The Morgan fingerprint density at radius 3 is 2.64 bits per heavy atom. The first-order chi connectivity index (χ1) is 13.2. The van der Waals surface area contributed by atoms with Crippen LogP contribution in [0.3, 0.4) is 0 Å². The van der Waals surface area contributed by atoms with E-state index in [1.165, 1.54) is 6.07 Å². The number of hydrogen-bond acceptors (Lipinski definition) is 4. The van der Waals surface area contributed by atoms with E-state index in [-0.39, 0.29) is 24.1 Å². The molecule has 0 atom stereocenters. The second-order valence-electron chi connectivity index (χ2n) is 7.63. The Morgan fingerprint density at radius 2 is 1.93 bits per heavy atom. The Kier molecular flexibility index (Phi) is 7.02. The summed E-state index contributed by atoms with van der Waals surface area (Å²) in [5, 5.41) is 11.6. The van der Waals surface area contributed by atoms with Crippen molar-refractivity contribution in [2.24, 2.45) is 5.92 Å². The molecule has 2 aliphatic rings. The van der Waals surface area contributed by atoms with Crippen LogP contribution in [0.25, 0.3) is 0 Å². The number of benzene rings is 1. The fraction of sp³-hybridized carbons (Fsp3) is 0.550. The van der Waals surface area contributed by atoms with Crippen molar-refractivity contribution in [2.75, 3.05) is 26.2 Å². The molecule has 0 radical (unpaired) electrons. The molecule has 2 saturated heterocycles. The highest BCUT2D eigenvalue weighted by molar-refractivity contribution is 5.92. The van der Waals surface area contributed by atoms with Gasteiger partial charge in [0.15, 0.2) is 5.69 Å². The number of halogens is 2. The quantitative estimate of drug-likeness (QED) is 0.846. The van der Waals surface area contributed by atoms with Gasteiger partial charge in [-0.3, -0.25) is 4.79 Å². The Bertz CT molecular complexity index is 784. The third-order valence-electron chi connectivity index (χ3n) is 5.73. The number of amides is 1. The van der Waals surface area contributed by atoms with Crippen molar-refractivity contribution in [3.05, 3.63) is 47.5 Å². The number of carbonyl (C=O) groups excluding carboxylic acids is 1. The van der Waals surface area contributed by atoms with E-state index in [1.54, 1.807) is 18.3 Å². The zero-order valence-corrected chi connectivity index (χ0v) is 16.7. The zero-order chi connectivity index (χ0) is 18.6. The van der Waals surface area contributed by atoms with Crippen molar-refractivity contribution in [1.29, 1.82) is 0 Å². The summed E-state index contributed by atoms with van der Waals surface area (Å²) in [7, 11) is 0. The summed E-state index contributed by atoms with van der Waals surface area (Å²) in [6.07, 6.45) is 6.57. The largest absolute Gasteiger partial charge is 0.337 e. The number of carbonyl (C=O) groups is 1. The summed E-state index contributed by atoms with van der Waals surface area (Å²) in [5.74, 6) is 0.276. The van der Waals surface area contributed by atoms with Crippen LogP contribution in [0.15, 0.2) is 30.5 Å². The van der Waals surface area contributed by atoms with Crippen molar-refractivity contribution in [2.45, 2.75) is 38.1 Å². The van der Waals surface area contributed by atoms with E-state index in [0.29, 0.717) is 17.7 Å². The molecule has 152 valence electrons. The minimum atomic E-state index is -0.183. The molecule has 0 unspecified atom stereocenters. The highest BCUT2D eigenvalue weighted by Gasteiger charge is 2.26. The summed E-state index contributed by atoms with van der Waals surface area (Å²) >= 11 is 0. The van der Waals surface area contributed by atoms with Crippen molar-refractivity contribution >= 4 is 18.3 Å². The smallest absolute Gasteiger partial charge is 0.276 e. The predicted octanol–water partition coefficient (Wildman–Crippen LogP) is 2.86. The molecule has 2 aliphatic heterocycles. The molecule has 1 amide bonds. The van der Waals surface area contributed by atoms with Crippen LogP contribution in [0.1, 0.15) is 47.8 Å². The highest BCUT2D eigenvalue weighted by Crippen LogP contribution is 2.23. The molecule has 1 N–H and O–H groups in total. The summed E-state index contributed by atoms with van der Waals surface area (Å²) in [6.45, 7) is 3.40. The van der Waals surface area contributed by atoms with Gasteiger partial charge in [0.1, 0.15) is 5.82 Å². The van der Waals surface area contributed by atoms with Crippen LogP contribution in [0.4, 0.5) is 4.39 Å². The van der Waals surface area contributed by atoms with E-state index < -0.39 is 0 Å². The lowest BCUT2D eigenvalue weighted by atomic mass is 9.90. The fourth-order valence-electron chi connectivity index (χ4n) is 4.12. The zero-order valence-electron chi connectivity index (χ0n) is 15.9. The van der Waals surface area contributed by atoms with Crippen LogP contribution >= 0.6 is 12.4 Å². The van der Waals surface area contributed by atoms with Crippen molar-refractivity contribution in [1.82, 2.24) is 25.2 Å². The average Bonchev–Trinajstić information content (AvgIpc) is 3.19. The number of hydrogen-bond donors (Lipinski definition) is 1. The molecule has 1 aromatic carbocycles. The molecule has 1 aromatic heterocycles. The fourth-order valence-corrected chi connectivity index (χ4v) is 4.12. The Hall–Kier alpha value is -1.99. The molecule has 3 heterocycles. The summed E-state index contributed by atoms with van der Waals surface area (Å²) in [6, 6.07) is 7.14. The lowest BCUT2D eigenvalue weighted by Crippen LogP contribution is -2.39. The van der Waals surface area contributed by atoms with Crippen LogP contribution in [0, 0.1) is 11.7 Å². The number of piperidine rings is 2.